The summed E-state index contributed by atoms with van der Waals surface area (Å²) in [5, 5.41) is 0.563. The number of hydrogen-bond donors (Lipinski definition) is 1. The lowest BCUT2D eigenvalue weighted by molar-refractivity contribution is 0.0796. The van der Waals surface area contributed by atoms with Crippen molar-refractivity contribution in [3.63, 3.8) is 0 Å². The molecule has 0 aliphatic carbocycles. The highest BCUT2D eigenvalue weighted by atomic mass is 35.5. The van der Waals surface area contributed by atoms with Crippen molar-refractivity contribution in [2.45, 2.75) is 6.42 Å². The van der Waals surface area contributed by atoms with E-state index in [9.17, 15) is 4.79 Å². The average molecular weight is 324 g/mol. The summed E-state index contributed by atoms with van der Waals surface area (Å²) < 4.78 is 0. The van der Waals surface area contributed by atoms with Crippen molar-refractivity contribution in [2.75, 3.05) is 19.3 Å². The van der Waals surface area contributed by atoms with Crippen molar-refractivity contribution >= 4 is 34.8 Å². The highest BCUT2D eigenvalue weighted by molar-refractivity contribution is 6.39. The van der Waals surface area contributed by atoms with E-state index >= 15 is 0 Å². The van der Waals surface area contributed by atoms with E-state index in [0.717, 1.165) is 5.69 Å². The lowest BCUT2D eigenvalue weighted by atomic mass is 10.1. The number of anilines is 1. The van der Waals surface area contributed by atoms with Crippen molar-refractivity contribution in [1.82, 2.24) is 9.88 Å². The van der Waals surface area contributed by atoms with Crippen LogP contribution < -0.4 is 5.73 Å². The lowest BCUT2D eigenvalue weighted by Gasteiger charge is -2.17. The fourth-order valence-electron chi connectivity index (χ4n) is 1.86. The molecule has 0 bridgehead atoms. The van der Waals surface area contributed by atoms with Crippen molar-refractivity contribution in [2.24, 2.45) is 0 Å². The molecule has 1 heterocycles. The molecule has 2 rings (SSSR count). The van der Waals surface area contributed by atoms with E-state index < -0.39 is 0 Å². The number of carbonyl (C=O) groups is 1. The molecule has 4 nitrogen and oxygen atoms in total. The van der Waals surface area contributed by atoms with Gasteiger partial charge < -0.3 is 10.6 Å². The van der Waals surface area contributed by atoms with Gasteiger partial charge in [0.15, 0.2) is 0 Å². The number of nitrogens with zero attached hydrogens (tertiary/aromatic N) is 2. The number of aromatic nitrogens is 1. The Morgan fingerprint density at radius 2 is 1.95 bits per heavy atom. The summed E-state index contributed by atoms with van der Waals surface area (Å²) in [5.74, 6) is -0.158. The van der Waals surface area contributed by atoms with Gasteiger partial charge in [-0.15, -0.1) is 0 Å². The Kier molecular flexibility index (Phi) is 5.04. The molecule has 0 aliphatic rings. The highest BCUT2D eigenvalue weighted by Gasteiger charge is 2.15. The van der Waals surface area contributed by atoms with Gasteiger partial charge in [-0.3, -0.25) is 9.78 Å². The summed E-state index contributed by atoms with van der Waals surface area (Å²) in [5.41, 5.74) is 7.30. The maximum Gasteiger partial charge on any atom is 0.253 e. The Hall–Kier alpha value is -1.78. The zero-order valence-corrected chi connectivity index (χ0v) is 13.0. The van der Waals surface area contributed by atoms with Gasteiger partial charge in [0.2, 0.25) is 0 Å². The number of nitrogens with two attached hydrogens (primary N) is 1. The molecule has 110 valence electrons. The molecule has 0 atom stereocenters. The van der Waals surface area contributed by atoms with Crippen molar-refractivity contribution in [3.8, 4) is 0 Å². The second-order valence-electron chi connectivity index (χ2n) is 4.65. The largest absolute Gasteiger partial charge is 0.396 e. The molecule has 0 radical (unpaired) electrons. The number of carbonyl (C=O) groups excluding carboxylic acids is 1. The van der Waals surface area contributed by atoms with Crippen molar-refractivity contribution in [3.05, 3.63) is 57.8 Å². The van der Waals surface area contributed by atoms with Gasteiger partial charge in [0, 0.05) is 37.5 Å². The van der Waals surface area contributed by atoms with E-state index in [-0.39, 0.29) is 21.6 Å². The molecule has 1 aromatic carbocycles. The smallest absolute Gasteiger partial charge is 0.253 e. The number of halogens is 2. The topological polar surface area (TPSA) is 59.2 Å². The first-order valence-corrected chi connectivity index (χ1v) is 7.14. The van der Waals surface area contributed by atoms with E-state index in [2.05, 4.69) is 4.98 Å². The average Bonchev–Trinajstić information content (AvgIpc) is 2.50. The summed E-state index contributed by atoms with van der Waals surface area (Å²) >= 11 is 11.9. The molecule has 0 aliphatic heterocycles. The molecule has 0 saturated heterocycles. The molecule has 0 unspecified atom stereocenters. The normalized spacial score (nSPS) is 10.4. The van der Waals surface area contributed by atoms with E-state index in [1.54, 1.807) is 18.1 Å². The molecule has 1 amide bonds. The van der Waals surface area contributed by atoms with E-state index in [4.69, 9.17) is 28.9 Å². The van der Waals surface area contributed by atoms with Gasteiger partial charge in [-0.05, 0) is 24.3 Å². The molecular weight excluding hydrogens is 309 g/mol. The van der Waals surface area contributed by atoms with Crippen LogP contribution >= 0.6 is 23.2 Å². The number of hydrogen-bond acceptors (Lipinski definition) is 3. The first-order chi connectivity index (χ1) is 9.99. The molecule has 6 heteroatoms. The van der Waals surface area contributed by atoms with Gasteiger partial charge >= 0.3 is 0 Å². The molecule has 1 aromatic heterocycles. The van der Waals surface area contributed by atoms with Crippen LogP contribution in [-0.4, -0.2) is 29.4 Å². The molecular formula is C15H15Cl2N3O. The highest BCUT2D eigenvalue weighted by Crippen LogP contribution is 2.29. The summed E-state index contributed by atoms with van der Waals surface area (Å²) in [7, 11) is 1.73. The lowest BCUT2D eigenvalue weighted by Crippen LogP contribution is -2.29. The molecule has 0 spiro atoms. The van der Waals surface area contributed by atoms with E-state index in [0.29, 0.717) is 18.5 Å². The second-order valence-corrected chi connectivity index (χ2v) is 5.47. The predicted octanol–water partition coefficient (Wildman–Crippen LogP) is 3.29. The zero-order chi connectivity index (χ0) is 15.4. The summed E-state index contributed by atoms with van der Waals surface area (Å²) in [4.78, 5) is 18.2. The van der Waals surface area contributed by atoms with Crippen LogP contribution in [-0.2, 0) is 6.42 Å². The Balaban J connectivity index is 2.06. The predicted molar refractivity (Wildman–Crippen MR) is 85.8 cm³/mol. The van der Waals surface area contributed by atoms with Crippen LogP contribution in [0.3, 0.4) is 0 Å². The Bertz CT molecular complexity index is 624. The molecule has 2 aromatic rings. The van der Waals surface area contributed by atoms with Gasteiger partial charge in [-0.25, -0.2) is 0 Å². The number of amides is 1. The monoisotopic (exact) mass is 323 g/mol. The number of likely N-dealkylation sites (N-methyl/N-ethyl adjacent to an activating group) is 1. The molecule has 0 fully saturated rings. The first kappa shape index (κ1) is 15.6. The zero-order valence-electron chi connectivity index (χ0n) is 11.5. The van der Waals surface area contributed by atoms with Crippen LogP contribution in [0.5, 0.6) is 0 Å². The fourth-order valence-corrected chi connectivity index (χ4v) is 2.35. The standard InChI is InChI=1S/C15H15Cl2N3O/c1-20(7-5-11-4-2-3-6-19-11)15(21)10-8-12(16)14(18)13(17)9-10/h2-4,6,8-9H,5,7,18H2,1H3. The van der Waals surface area contributed by atoms with Crippen LogP contribution in [0.25, 0.3) is 0 Å². The van der Waals surface area contributed by atoms with Crippen molar-refractivity contribution < 1.29 is 4.79 Å². The van der Waals surface area contributed by atoms with Gasteiger partial charge in [-0.1, -0.05) is 29.3 Å². The number of nitrogen functional groups attached to an aromatic ring is 1. The van der Waals surface area contributed by atoms with Crippen molar-refractivity contribution in [1.29, 1.82) is 0 Å². The van der Waals surface area contributed by atoms with Gasteiger partial charge in [0.1, 0.15) is 0 Å². The molecule has 0 saturated carbocycles. The van der Waals surface area contributed by atoms with Gasteiger partial charge in [0.25, 0.3) is 5.91 Å². The van der Waals surface area contributed by atoms with Crippen LogP contribution in [0.4, 0.5) is 5.69 Å². The Labute approximate surface area is 133 Å². The quantitative estimate of drug-likeness (QED) is 0.878. The minimum absolute atomic E-state index is 0.158. The van der Waals surface area contributed by atoms with Crippen LogP contribution in [0.2, 0.25) is 10.0 Å². The SMILES string of the molecule is CN(CCc1ccccn1)C(=O)c1cc(Cl)c(N)c(Cl)c1. The first-order valence-electron chi connectivity index (χ1n) is 6.39. The van der Waals surface area contributed by atoms with E-state index in [1.165, 1.54) is 12.1 Å². The fraction of sp³-hybridized carbons (Fsp3) is 0.200. The third-order valence-corrected chi connectivity index (χ3v) is 3.73. The summed E-state index contributed by atoms with van der Waals surface area (Å²) in [6.45, 7) is 0.551. The second kappa shape index (κ2) is 6.78. The Morgan fingerprint density at radius 3 is 2.52 bits per heavy atom. The minimum atomic E-state index is -0.158. The molecule has 2 N–H and O–H groups in total. The maximum atomic E-state index is 12.3. The third kappa shape index (κ3) is 3.86. The number of pyridine rings is 1. The Morgan fingerprint density at radius 1 is 1.29 bits per heavy atom. The van der Waals surface area contributed by atoms with Crippen LogP contribution in [0, 0.1) is 0 Å². The van der Waals surface area contributed by atoms with E-state index in [1.807, 2.05) is 18.2 Å². The molecule has 21 heavy (non-hydrogen) atoms. The minimum Gasteiger partial charge on any atom is -0.396 e. The van der Waals surface area contributed by atoms with Gasteiger partial charge in [0.05, 0.1) is 15.7 Å². The number of benzene rings is 1. The maximum absolute atomic E-state index is 12.3. The van der Waals surface area contributed by atoms with Crippen LogP contribution in [0.1, 0.15) is 16.1 Å². The number of rotatable bonds is 4. The van der Waals surface area contributed by atoms with Crippen LogP contribution in [0.15, 0.2) is 36.5 Å². The van der Waals surface area contributed by atoms with Gasteiger partial charge in [-0.2, -0.15) is 0 Å². The summed E-state index contributed by atoms with van der Waals surface area (Å²) in [6, 6.07) is 8.76. The third-order valence-electron chi connectivity index (χ3n) is 3.10. The summed E-state index contributed by atoms with van der Waals surface area (Å²) in [6.07, 6.45) is 2.41.